The number of nitrogens with one attached hydrogen (secondary N) is 1. The fourth-order valence-corrected chi connectivity index (χ4v) is 2.63. The maximum absolute atomic E-state index is 12.6. The van der Waals surface area contributed by atoms with Gasteiger partial charge in [-0.1, -0.05) is 17.3 Å². The minimum absolute atomic E-state index is 0.00532. The quantitative estimate of drug-likeness (QED) is 0.864. The Kier molecular flexibility index (Phi) is 4.85. The minimum Gasteiger partial charge on any atom is -0.358 e. The smallest absolute Gasteiger partial charge is 0.253 e. The van der Waals surface area contributed by atoms with E-state index in [0.717, 1.165) is 5.56 Å². The van der Waals surface area contributed by atoms with Gasteiger partial charge in [0.2, 0.25) is 18.1 Å². The second-order valence-electron chi connectivity index (χ2n) is 5.57. The van der Waals surface area contributed by atoms with Crippen molar-refractivity contribution in [2.75, 3.05) is 39.8 Å². The van der Waals surface area contributed by atoms with E-state index in [9.17, 15) is 9.59 Å². The third kappa shape index (κ3) is 3.60. The predicted octanol–water partition coefficient (Wildman–Crippen LogP) is 0.240. The fourth-order valence-electron chi connectivity index (χ4n) is 2.63. The van der Waals surface area contributed by atoms with Crippen LogP contribution in [0, 0.1) is 0 Å². The zero-order valence-electron chi connectivity index (χ0n) is 13.4. The van der Waals surface area contributed by atoms with Crippen LogP contribution in [0.2, 0.25) is 0 Å². The van der Waals surface area contributed by atoms with E-state index in [4.69, 9.17) is 4.52 Å². The van der Waals surface area contributed by atoms with E-state index < -0.39 is 0 Å². The van der Waals surface area contributed by atoms with Crippen LogP contribution in [-0.2, 0) is 4.79 Å². The molecule has 0 radical (unpaired) electrons. The molecule has 1 aromatic carbocycles. The van der Waals surface area contributed by atoms with Gasteiger partial charge in [0, 0.05) is 44.4 Å². The Morgan fingerprint density at radius 1 is 1.17 bits per heavy atom. The summed E-state index contributed by atoms with van der Waals surface area (Å²) in [4.78, 5) is 31.8. The maximum Gasteiger partial charge on any atom is 0.253 e. The third-order valence-electron chi connectivity index (χ3n) is 4.06. The zero-order chi connectivity index (χ0) is 16.9. The summed E-state index contributed by atoms with van der Waals surface area (Å²) in [7, 11) is 1.63. The molecule has 0 aliphatic carbocycles. The first kappa shape index (κ1) is 16.1. The van der Waals surface area contributed by atoms with Crippen molar-refractivity contribution in [3.63, 3.8) is 0 Å². The van der Waals surface area contributed by atoms with E-state index in [-0.39, 0.29) is 11.8 Å². The Labute approximate surface area is 139 Å². The first-order valence-electron chi connectivity index (χ1n) is 7.76. The van der Waals surface area contributed by atoms with Gasteiger partial charge in [-0.2, -0.15) is 4.98 Å². The van der Waals surface area contributed by atoms with Crippen LogP contribution in [0.25, 0.3) is 11.4 Å². The van der Waals surface area contributed by atoms with Crippen LogP contribution in [0.5, 0.6) is 0 Å². The molecule has 2 heterocycles. The molecule has 2 amide bonds. The van der Waals surface area contributed by atoms with Gasteiger partial charge in [-0.25, -0.2) is 0 Å². The molecule has 1 aliphatic rings. The third-order valence-corrected chi connectivity index (χ3v) is 4.06. The van der Waals surface area contributed by atoms with Crippen molar-refractivity contribution in [2.24, 2.45) is 0 Å². The first-order valence-corrected chi connectivity index (χ1v) is 7.76. The average Bonchev–Trinajstić information content (AvgIpc) is 3.16. The molecule has 3 rings (SSSR count). The summed E-state index contributed by atoms with van der Waals surface area (Å²) in [5.74, 6) is 0.484. The monoisotopic (exact) mass is 329 g/mol. The van der Waals surface area contributed by atoms with Crippen LogP contribution in [-0.4, -0.2) is 71.5 Å². The van der Waals surface area contributed by atoms with E-state index in [0.29, 0.717) is 44.1 Å². The molecule has 1 saturated heterocycles. The van der Waals surface area contributed by atoms with Gasteiger partial charge in [-0.15, -0.1) is 0 Å². The molecule has 0 saturated carbocycles. The molecule has 1 fully saturated rings. The van der Waals surface area contributed by atoms with Gasteiger partial charge in [0.15, 0.2) is 0 Å². The molecule has 1 aromatic heterocycles. The number of hydrogen-bond donors (Lipinski definition) is 1. The van der Waals surface area contributed by atoms with Gasteiger partial charge in [0.1, 0.15) is 0 Å². The lowest BCUT2D eigenvalue weighted by molar-refractivity contribution is -0.122. The molecule has 126 valence electrons. The molecular weight excluding hydrogens is 310 g/mol. The minimum atomic E-state index is -0.00756. The molecule has 8 heteroatoms. The molecule has 24 heavy (non-hydrogen) atoms. The van der Waals surface area contributed by atoms with Gasteiger partial charge >= 0.3 is 0 Å². The Bertz CT molecular complexity index is 691. The summed E-state index contributed by atoms with van der Waals surface area (Å²) < 4.78 is 4.72. The van der Waals surface area contributed by atoms with Gasteiger partial charge in [-0.05, 0) is 12.1 Å². The number of likely N-dealkylation sites (N-methyl/N-ethyl adjacent to an activating group) is 1. The molecule has 0 bridgehead atoms. The number of nitrogens with zero attached hydrogens (tertiary/aromatic N) is 4. The summed E-state index contributed by atoms with van der Waals surface area (Å²) in [6, 6.07) is 7.15. The highest BCUT2D eigenvalue weighted by molar-refractivity contribution is 5.94. The summed E-state index contributed by atoms with van der Waals surface area (Å²) in [6.07, 6.45) is 1.27. The van der Waals surface area contributed by atoms with Gasteiger partial charge in [-0.3, -0.25) is 14.5 Å². The number of piperazine rings is 1. The fraction of sp³-hybridized carbons (Fsp3) is 0.375. The Morgan fingerprint density at radius 2 is 1.88 bits per heavy atom. The number of aromatic nitrogens is 2. The van der Waals surface area contributed by atoms with Crippen LogP contribution in [0.15, 0.2) is 35.2 Å². The van der Waals surface area contributed by atoms with E-state index in [1.807, 2.05) is 9.80 Å². The van der Waals surface area contributed by atoms with Crippen LogP contribution in [0.1, 0.15) is 10.4 Å². The molecular formula is C16H19N5O3. The SMILES string of the molecule is CNC(=O)CN1CCN(C(=O)c2ccc(-c3ncon3)cc2)CC1. The molecule has 0 atom stereocenters. The average molecular weight is 329 g/mol. The zero-order valence-corrected chi connectivity index (χ0v) is 13.4. The van der Waals surface area contributed by atoms with Crippen LogP contribution < -0.4 is 5.32 Å². The number of amides is 2. The van der Waals surface area contributed by atoms with Gasteiger partial charge in [0.05, 0.1) is 6.54 Å². The van der Waals surface area contributed by atoms with Crippen molar-refractivity contribution in [3.8, 4) is 11.4 Å². The number of hydrogen-bond acceptors (Lipinski definition) is 6. The van der Waals surface area contributed by atoms with Gasteiger partial charge in [0.25, 0.3) is 5.91 Å². The molecule has 0 spiro atoms. The summed E-state index contributed by atoms with van der Waals surface area (Å²) >= 11 is 0. The standard InChI is InChI=1S/C16H19N5O3/c1-17-14(22)10-20-6-8-21(9-7-20)16(23)13-4-2-12(3-5-13)15-18-11-24-19-15/h2-5,11H,6-10H2,1H3,(H,17,22). The van der Waals surface area contributed by atoms with E-state index in [2.05, 4.69) is 15.5 Å². The van der Waals surface area contributed by atoms with Gasteiger partial charge < -0.3 is 14.7 Å². The first-order chi connectivity index (χ1) is 11.7. The normalized spacial score (nSPS) is 15.3. The molecule has 0 unspecified atom stereocenters. The number of carbonyl (C=O) groups is 2. The summed E-state index contributed by atoms with van der Waals surface area (Å²) in [6.45, 7) is 2.99. The summed E-state index contributed by atoms with van der Waals surface area (Å²) in [5.41, 5.74) is 1.43. The Morgan fingerprint density at radius 3 is 2.46 bits per heavy atom. The molecule has 8 nitrogen and oxygen atoms in total. The highest BCUT2D eigenvalue weighted by atomic mass is 16.5. The lowest BCUT2D eigenvalue weighted by Crippen LogP contribution is -2.50. The number of benzene rings is 1. The molecule has 1 aliphatic heterocycles. The van der Waals surface area contributed by atoms with Crippen molar-refractivity contribution < 1.29 is 14.1 Å². The predicted molar refractivity (Wildman–Crippen MR) is 86.1 cm³/mol. The van der Waals surface area contributed by atoms with E-state index in [1.165, 1.54) is 6.39 Å². The van der Waals surface area contributed by atoms with E-state index >= 15 is 0 Å². The van der Waals surface area contributed by atoms with Crippen molar-refractivity contribution >= 4 is 11.8 Å². The van der Waals surface area contributed by atoms with Crippen molar-refractivity contribution in [3.05, 3.63) is 36.2 Å². The number of carbonyl (C=O) groups excluding carboxylic acids is 2. The second kappa shape index (κ2) is 7.22. The van der Waals surface area contributed by atoms with Crippen molar-refractivity contribution in [1.82, 2.24) is 25.3 Å². The lowest BCUT2D eigenvalue weighted by Gasteiger charge is -2.34. The summed E-state index contributed by atoms with van der Waals surface area (Å²) in [5, 5.41) is 6.38. The second-order valence-corrected chi connectivity index (χ2v) is 5.57. The number of rotatable bonds is 4. The van der Waals surface area contributed by atoms with Crippen LogP contribution >= 0.6 is 0 Å². The van der Waals surface area contributed by atoms with E-state index in [1.54, 1.807) is 31.3 Å². The van der Waals surface area contributed by atoms with Crippen molar-refractivity contribution in [1.29, 1.82) is 0 Å². The largest absolute Gasteiger partial charge is 0.358 e. The lowest BCUT2D eigenvalue weighted by atomic mass is 10.1. The van der Waals surface area contributed by atoms with Crippen LogP contribution in [0.3, 0.4) is 0 Å². The highest BCUT2D eigenvalue weighted by Crippen LogP contribution is 2.16. The Hall–Kier alpha value is -2.74. The topological polar surface area (TPSA) is 91.6 Å². The molecule has 2 aromatic rings. The van der Waals surface area contributed by atoms with Crippen molar-refractivity contribution in [2.45, 2.75) is 0 Å². The molecule has 1 N–H and O–H groups in total. The maximum atomic E-state index is 12.6. The van der Waals surface area contributed by atoms with Crippen LogP contribution in [0.4, 0.5) is 0 Å². The Balaban J connectivity index is 1.58. The highest BCUT2D eigenvalue weighted by Gasteiger charge is 2.23.